The first-order chi connectivity index (χ1) is 13.0. The molecule has 0 bridgehead atoms. The maximum absolute atomic E-state index is 13.2. The molecule has 0 saturated heterocycles. The highest BCUT2D eigenvalue weighted by atomic mass is 19.1. The van der Waals surface area contributed by atoms with E-state index in [0.717, 1.165) is 31.5 Å². The Labute approximate surface area is 155 Å². The predicted octanol–water partition coefficient (Wildman–Crippen LogP) is 3.82. The van der Waals surface area contributed by atoms with Gasteiger partial charge in [-0.2, -0.15) is 0 Å². The van der Waals surface area contributed by atoms with E-state index < -0.39 is 0 Å². The molecule has 2 heterocycles. The van der Waals surface area contributed by atoms with E-state index in [2.05, 4.69) is 10.3 Å². The molecule has 1 N–H and O–H groups in total. The number of carbonyl (C=O) groups is 1. The number of benzene rings is 2. The Bertz CT molecular complexity index is 1100. The van der Waals surface area contributed by atoms with Gasteiger partial charge in [-0.15, -0.1) is 0 Å². The van der Waals surface area contributed by atoms with Gasteiger partial charge in [0.1, 0.15) is 11.6 Å². The van der Waals surface area contributed by atoms with Crippen molar-refractivity contribution in [2.24, 2.45) is 0 Å². The lowest BCUT2D eigenvalue weighted by Gasteiger charge is -2.11. The smallest absolute Gasteiger partial charge is 0.261 e. The van der Waals surface area contributed by atoms with E-state index in [1.807, 2.05) is 0 Å². The molecule has 4 rings (SSSR count). The molecule has 0 saturated carbocycles. The molecule has 0 atom stereocenters. The summed E-state index contributed by atoms with van der Waals surface area (Å²) in [6, 6.07) is 9.15. The van der Waals surface area contributed by atoms with Crippen LogP contribution in [0.15, 0.2) is 41.2 Å². The Morgan fingerprint density at radius 2 is 2.00 bits per heavy atom. The van der Waals surface area contributed by atoms with Crippen molar-refractivity contribution >= 4 is 22.5 Å². The third-order valence-corrected chi connectivity index (χ3v) is 5.02. The van der Waals surface area contributed by atoms with Crippen LogP contribution < -0.4 is 10.9 Å². The number of nitrogens with one attached hydrogen (secondary N) is 1. The van der Waals surface area contributed by atoms with Gasteiger partial charge in [-0.3, -0.25) is 14.2 Å². The minimum atomic E-state index is -0.346. The highest BCUT2D eigenvalue weighted by molar-refractivity contribution is 6.06. The summed E-state index contributed by atoms with van der Waals surface area (Å²) in [5.74, 6) is 0.127. The minimum absolute atomic E-state index is 0.0433. The topological polar surface area (TPSA) is 64.0 Å². The molecule has 6 heteroatoms. The molecule has 0 fully saturated rings. The number of amides is 1. The van der Waals surface area contributed by atoms with E-state index in [4.69, 9.17) is 0 Å². The summed E-state index contributed by atoms with van der Waals surface area (Å²) in [6.45, 7) is 2.43. The molecular weight excluding hydrogens is 345 g/mol. The maximum Gasteiger partial charge on any atom is 0.261 e. The Hall–Kier alpha value is -3.02. The van der Waals surface area contributed by atoms with Crippen LogP contribution in [0, 0.1) is 12.7 Å². The van der Waals surface area contributed by atoms with Crippen molar-refractivity contribution < 1.29 is 9.18 Å². The summed E-state index contributed by atoms with van der Waals surface area (Å²) in [5.41, 5.74) is 2.11. The number of rotatable bonds is 2. The Kier molecular flexibility index (Phi) is 4.48. The van der Waals surface area contributed by atoms with Crippen LogP contribution in [-0.2, 0) is 13.0 Å². The predicted molar refractivity (Wildman–Crippen MR) is 103 cm³/mol. The van der Waals surface area contributed by atoms with Gasteiger partial charge in [0, 0.05) is 24.2 Å². The number of nitrogens with zero attached hydrogens (tertiary/aromatic N) is 2. The summed E-state index contributed by atoms with van der Waals surface area (Å²) >= 11 is 0. The summed E-state index contributed by atoms with van der Waals surface area (Å²) in [5, 5.41) is 3.31. The Morgan fingerprint density at radius 1 is 1.15 bits per heavy atom. The first kappa shape index (κ1) is 17.4. The molecule has 1 aromatic heterocycles. The first-order valence-corrected chi connectivity index (χ1v) is 9.14. The first-order valence-electron chi connectivity index (χ1n) is 9.14. The minimum Gasteiger partial charge on any atom is -0.322 e. The zero-order valence-electron chi connectivity index (χ0n) is 15.1. The van der Waals surface area contributed by atoms with Gasteiger partial charge in [0.25, 0.3) is 11.5 Å². The SMILES string of the molecule is Cc1cc(F)ccc1NC(=O)c1ccc2c(=O)n3c(nc2c1)CCCCC3. The third-order valence-electron chi connectivity index (χ3n) is 5.02. The number of aryl methyl sites for hydroxylation is 2. The highest BCUT2D eigenvalue weighted by Gasteiger charge is 2.15. The van der Waals surface area contributed by atoms with E-state index >= 15 is 0 Å². The molecule has 0 unspecified atom stereocenters. The van der Waals surface area contributed by atoms with Crippen LogP contribution in [0.25, 0.3) is 10.9 Å². The zero-order valence-corrected chi connectivity index (χ0v) is 15.1. The molecule has 1 aliphatic rings. The second-order valence-electron chi connectivity index (χ2n) is 6.94. The molecule has 2 aromatic carbocycles. The van der Waals surface area contributed by atoms with Gasteiger partial charge >= 0.3 is 0 Å². The fraction of sp³-hybridized carbons (Fsp3) is 0.286. The number of hydrogen-bond acceptors (Lipinski definition) is 3. The number of hydrogen-bond donors (Lipinski definition) is 1. The van der Waals surface area contributed by atoms with Crippen LogP contribution in [0.2, 0.25) is 0 Å². The molecule has 1 aliphatic heterocycles. The summed E-state index contributed by atoms with van der Waals surface area (Å²) in [6.07, 6.45) is 3.86. The van der Waals surface area contributed by atoms with E-state index in [0.29, 0.717) is 34.3 Å². The molecule has 0 spiro atoms. The average molecular weight is 365 g/mol. The van der Waals surface area contributed by atoms with Gasteiger partial charge in [-0.25, -0.2) is 9.37 Å². The van der Waals surface area contributed by atoms with Gasteiger partial charge in [0.15, 0.2) is 0 Å². The third kappa shape index (κ3) is 3.35. The second-order valence-corrected chi connectivity index (χ2v) is 6.94. The van der Waals surface area contributed by atoms with Crippen molar-refractivity contribution in [3.8, 4) is 0 Å². The maximum atomic E-state index is 13.2. The van der Waals surface area contributed by atoms with Gasteiger partial charge in [-0.05, 0) is 61.7 Å². The lowest BCUT2D eigenvalue weighted by atomic mass is 10.1. The van der Waals surface area contributed by atoms with Crippen molar-refractivity contribution in [2.75, 3.05) is 5.32 Å². The van der Waals surface area contributed by atoms with Crippen LogP contribution in [0.1, 0.15) is 41.0 Å². The van der Waals surface area contributed by atoms with E-state index in [-0.39, 0.29) is 17.3 Å². The molecule has 0 radical (unpaired) electrons. The summed E-state index contributed by atoms with van der Waals surface area (Å²) in [4.78, 5) is 30.0. The summed E-state index contributed by atoms with van der Waals surface area (Å²) < 4.78 is 15.0. The van der Waals surface area contributed by atoms with Crippen LogP contribution in [-0.4, -0.2) is 15.5 Å². The number of halogens is 1. The van der Waals surface area contributed by atoms with Crippen molar-refractivity contribution in [1.29, 1.82) is 0 Å². The fourth-order valence-electron chi connectivity index (χ4n) is 3.52. The Balaban J connectivity index is 1.70. The van der Waals surface area contributed by atoms with Gasteiger partial charge in [0.05, 0.1) is 10.9 Å². The lowest BCUT2D eigenvalue weighted by Crippen LogP contribution is -2.24. The molecule has 5 nitrogen and oxygen atoms in total. The quantitative estimate of drug-likeness (QED) is 0.751. The molecule has 0 aliphatic carbocycles. The lowest BCUT2D eigenvalue weighted by molar-refractivity contribution is 0.102. The number of carbonyl (C=O) groups excluding carboxylic acids is 1. The van der Waals surface area contributed by atoms with Crippen molar-refractivity contribution in [2.45, 2.75) is 39.2 Å². The van der Waals surface area contributed by atoms with Crippen molar-refractivity contribution in [3.05, 3.63) is 69.5 Å². The van der Waals surface area contributed by atoms with Crippen molar-refractivity contribution in [1.82, 2.24) is 9.55 Å². The van der Waals surface area contributed by atoms with Crippen molar-refractivity contribution in [3.63, 3.8) is 0 Å². The van der Waals surface area contributed by atoms with E-state index in [1.54, 1.807) is 29.7 Å². The molecule has 1 amide bonds. The van der Waals surface area contributed by atoms with Gasteiger partial charge in [-0.1, -0.05) is 6.42 Å². The molecule has 27 heavy (non-hydrogen) atoms. The fourth-order valence-corrected chi connectivity index (χ4v) is 3.52. The normalized spacial score (nSPS) is 13.9. The van der Waals surface area contributed by atoms with E-state index in [1.165, 1.54) is 18.2 Å². The van der Waals surface area contributed by atoms with Gasteiger partial charge in [0.2, 0.25) is 0 Å². The van der Waals surface area contributed by atoms with Crippen LogP contribution in [0.3, 0.4) is 0 Å². The van der Waals surface area contributed by atoms with Gasteiger partial charge < -0.3 is 5.32 Å². The second kappa shape index (κ2) is 6.95. The molecule has 3 aromatic rings. The van der Waals surface area contributed by atoms with Crippen LogP contribution >= 0.6 is 0 Å². The zero-order chi connectivity index (χ0) is 19.0. The number of fused-ring (bicyclic) bond motifs is 2. The monoisotopic (exact) mass is 365 g/mol. The Morgan fingerprint density at radius 3 is 2.81 bits per heavy atom. The highest BCUT2D eigenvalue weighted by Crippen LogP contribution is 2.19. The van der Waals surface area contributed by atoms with Crippen LogP contribution in [0.4, 0.5) is 10.1 Å². The standard InChI is InChI=1S/C21H20FN3O2/c1-13-11-15(22)7-9-17(13)24-20(26)14-6-8-16-18(12-14)23-19-5-3-2-4-10-25(19)21(16)27/h6-9,11-12H,2-5,10H2,1H3,(H,24,26). The average Bonchev–Trinajstić information content (AvgIpc) is 2.89. The number of anilines is 1. The van der Waals surface area contributed by atoms with Crippen LogP contribution in [0.5, 0.6) is 0 Å². The number of aromatic nitrogens is 2. The largest absolute Gasteiger partial charge is 0.322 e. The molecule has 138 valence electrons. The summed E-state index contributed by atoms with van der Waals surface area (Å²) in [7, 11) is 0. The van der Waals surface area contributed by atoms with E-state index in [9.17, 15) is 14.0 Å². The molecular formula is C21H20FN3O2.